The molecule has 0 spiro atoms. The molecule has 0 saturated carbocycles. The molecule has 0 bridgehead atoms. The van der Waals surface area contributed by atoms with Gasteiger partial charge in [-0.25, -0.2) is 0 Å². The lowest BCUT2D eigenvalue weighted by atomic mass is 9.95. The highest BCUT2D eigenvalue weighted by atomic mass is 16.4. The first-order valence-electron chi connectivity index (χ1n) is 6.28. The molecule has 0 aliphatic rings. The summed E-state index contributed by atoms with van der Waals surface area (Å²) in [6, 6.07) is 3.43. The number of hydrogen-bond acceptors (Lipinski definition) is 3. The first-order valence-corrected chi connectivity index (χ1v) is 6.28. The van der Waals surface area contributed by atoms with Gasteiger partial charge in [0.15, 0.2) is 5.78 Å². The van der Waals surface area contributed by atoms with Crippen molar-refractivity contribution in [3.63, 3.8) is 0 Å². The van der Waals surface area contributed by atoms with Gasteiger partial charge >= 0.3 is 5.97 Å². The number of Topliss-reactive ketones (excluding diaryl/α,β-unsaturated/α-hetero) is 1. The number of aliphatic carboxylic acids is 1. The quantitative estimate of drug-likeness (QED) is 0.827. The molecule has 19 heavy (non-hydrogen) atoms. The average molecular weight is 263 g/mol. The van der Waals surface area contributed by atoms with Crippen molar-refractivity contribution in [2.75, 3.05) is 13.6 Å². The lowest BCUT2D eigenvalue weighted by Gasteiger charge is -2.22. The predicted octanol–water partition coefficient (Wildman–Crippen LogP) is 2.20. The van der Waals surface area contributed by atoms with Gasteiger partial charge in [0.1, 0.15) is 0 Å². The maximum absolute atomic E-state index is 12.4. The van der Waals surface area contributed by atoms with Crippen LogP contribution >= 0.6 is 0 Å². The van der Waals surface area contributed by atoms with Gasteiger partial charge in [0, 0.05) is 5.56 Å². The van der Waals surface area contributed by atoms with Crippen LogP contribution in [0.5, 0.6) is 0 Å². The number of carbonyl (C=O) groups excluding carboxylic acids is 1. The van der Waals surface area contributed by atoms with E-state index in [-0.39, 0.29) is 12.3 Å². The summed E-state index contributed by atoms with van der Waals surface area (Å²) in [7, 11) is 1.65. The van der Waals surface area contributed by atoms with Crippen LogP contribution in [0.1, 0.15) is 34.0 Å². The summed E-state index contributed by atoms with van der Waals surface area (Å²) in [4.78, 5) is 24.6. The van der Waals surface area contributed by atoms with Gasteiger partial charge in [-0.1, -0.05) is 6.07 Å². The summed E-state index contributed by atoms with van der Waals surface area (Å²) >= 11 is 0. The Morgan fingerprint density at radius 2 is 1.68 bits per heavy atom. The van der Waals surface area contributed by atoms with Gasteiger partial charge in [0.25, 0.3) is 0 Å². The van der Waals surface area contributed by atoms with Crippen LogP contribution in [0.15, 0.2) is 12.1 Å². The number of hydrogen-bond donors (Lipinski definition) is 1. The number of carboxylic acids is 1. The molecular formula is C15H21NO3. The SMILES string of the molecule is Cc1cc(C)c(C(=O)C(C)N(C)CC(=O)O)cc1C. The van der Waals surface area contributed by atoms with Gasteiger partial charge in [-0.3, -0.25) is 14.5 Å². The molecule has 1 rings (SSSR count). The lowest BCUT2D eigenvalue weighted by Crippen LogP contribution is -2.39. The number of carboxylic acid groups (broad SMARTS) is 1. The minimum Gasteiger partial charge on any atom is -0.480 e. The summed E-state index contributed by atoms with van der Waals surface area (Å²) in [6.45, 7) is 7.48. The predicted molar refractivity (Wildman–Crippen MR) is 74.7 cm³/mol. The summed E-state index contributed by atoms with van der Waals surface area (Å²) in [6.07, 6.45) is 0. The zero-order valence-corrected chi connectivity index (χ0v) is 12.2. The zero-order chi connectivity index (χ0) is 14.7. The molecule has 4 heteroatoms. The molecule has 0 aliphatic carbocycles. The largest absolute Gasteiger partial charge is 0.480 e. The number of likely N-dealkylation sites (N-methyl/N-ethyl adjacent to an activating group) is 1. The third kappa shape index (κ3) is 3.64. The maximum Gasteiger partial charge on any atom is 0.317 e. The van der Waals surface area contributed by atoms with E-state index >= 15 is 0 Å². The van der Waals surface area contributed by atoms with Gasteiger partial charge in [-0.05, 0) is 57.5 Å². The van der Waals surface area contributed by atoms with Crippen LogP contribution < -0.4 is 0 Å². The number of nitrogens with zero attached hydrogens (tertiary/aromatic N) is 1. The Kier molecular flexibility index (Phi) is 4.84. The fourth-order valence-corrected chi connectivity index (χ4v) is 2.00. The van der Waals surface area contributed by atoms with Crippen LogP contribution in [-0.4, -0.2) is 41.4 Å². The molecule has 1 aromatic rings. The summed E-state index contributed by atoms with van der Waals surface area (Å²) in [5.74, 6) is -0.969. The summed E-state index contributed by atoms with van der Waals surface area (Å²) < 4.78 is 0. The van der Waals surface area contributed by atoms with Crippen molar-refractivity contribution in [1.82, 2.24) is 4.90 Å². The highest BCUT2D eigenvalue weighted by Gasteiger charge is 2.22. The Hall–Kier alpha value is -1.68. The van der Waals surface area contributed by atoms with Gasteiger partial charge in [0.05, 0.1) is 12.6 Å². The van der Waals surface area contributed by atoms with Crippen LogP contribution in [0.4, 0.5) is 0 Å². The molecule has 0 aromatic heterocycles. The van der Waals surface area contributed by atoms with Crippen LogP contribution in [-0.2, 0) is 4.79 Å². The number of benzene rings is 1. The van der Waals surface area contributed by atoms with E-state index in [1.807, 2.05) is 32.9 Å². The van der Waals surface area contributed by atoms with E-state index in [1.54, 1.807) is 18.9 Å². The molecule has 0 aliphatic heterocycles. The Bertz CT molecular complexity index is 508. The molecular weight excluding hydrogens is 242 g/mol. The van der Waals surface area contributed by atoms with Crippen LogP contribution in [0.3, 0.4) is 0 Å². The van der Waals surface area contributed by atoms with Gasteiger partial charge in [-0.15, -0.1) is 0 Å². The molecule has 104 valence electrons. The molecule has 1 N–H and O–H groups in total. The Labute approximate surface area is 114 Å². The fourth-order valence-electron chi connectivity index (χ4n) is 2.00. The second kappa shape index (κ2) is 5.97. The normalized spacial score (nSPS) is 12.5. The molecule has 0 fully saturated rings. The van der Waals surface area contributed by atoms with Gasteiger partial charge in [0.2, 0.25) is 0 Å². The summed E-state index contributed by atoms with van der Waals surface area (Å²) in [5.41, 5.74) is 3.83. The van der Waals surface area contributed by atoms with Crippen LogP contribution in [0.2, 0.25) is 0 Å². The van der Waals surface area contributed by atoms with Crippen molar-refractivity contribution in [3.8, 4) is 0 Å². The standard InChI is InChI=1S/C15H21NO3/c1-9-6-11(3)13(7-10(9)2)15(19)12(4)16(5)8-14(17)18/h6-7,12H,8H2,1-5H3,(H,17,18). The minimum atomic E-state index is -0.932. The molecule has 1 unspecified atom stereocenters. The summed E-state index contributed by atoms with van der Waals surface area (Å²) in [5, 5.41) is 8.77. The van der Waals surface area contributed by atoms with Crippen molar-refractivity contribution in [2.24, 2.45) is 0 Å². The fraction of sp³-hybridized carbons (Fsp3) is 0.467. The first kappa shape index (κ1) is 15.4. The third-order valence-corrected chi connectivity index (χ3v) is 3.53. The minimum absolute atomic E-state index is 0.0376. The Balaban J connectivity index is 3.00. The number of carbonyl (C=O) groups is 2. The van der Waals surface area contributed by atoms with E-state index in [9.17, 15) is 9.59 Å². The molecule has 1 aromatic carbocycles. The van der Waals surface area contributed by atoms with Gasteiger partial charge in [-0.2, -0.15) is 0 Å². The lowest BCUT2D eigenvalue weighted by molar-refractivity contribution is -0.138. The molecule has 1 atom stereocenters. The first-order chi connectivity index (χ1) is 8.73. The zero-order valence-electron chi connectivity index (χ0n) is 12.2. The molecule has 0 saturated heterocycles. The van der Waals surface area contributed by atoms with E-state index in [2.05, 4.69) is 0 Å². The van der Waals surface area contributed by atoms with E-state index in [0.29, 0.717) is 5.56 Å². The van der Waals surface area contributed by atoms with E-state index in [4.69, 9.17) is 5.11 Å². The number of ketones is 1. The smallest absolute Gasteiger partial charge is 0.317 e. The average Bonchev–Trinajstić information content (AvgIpc) is 2.31. The second-order valence-corrected chi connectivity index (χ2v) is 5.10. The number of aryl methyl sites for hydroxylation is 3. The van der Waals surface area contributed by atoms with E-state index in [1.165, 1.54) is 0 Å². The highest BCUT2D eigenvalue weighted by Crippen LogP contribution is 2.18. The third-order valence-electron chi connectivity index (χ3n) is 3.53. The maximum atomic E-state index is 12.4. The van der Waals surface area contributed by atoms with Crippen LogP contribution in [0.25, 0.3) is 0 Å². The van der Waals surface area contributed by atoms with Gasteiger partial charge < -0.3 is 5.11 Å². The van der Waals surface area contributed by atoms with E-state index in [0.717, 1.165) is 16.7 Å². The van der Waals surface area contributed by atoms with Crippen molar-refractivity contribution in [1.29, 1.82) is 0 Å². The second-order valence-electron chi connectivity index (χ2n) is 5.10. The Morgan fingerprint density at radius 3 is 2.21 bits per heavy atom. The topological polar surface area (TPSA) is 57.6 Å². The van der Waals surface area contributed by atoms with Crippen molar-refractivity contribution in [2.45, 2.75) is 33.7 Å². The number of rotatable bonds is 5. The van der Waals surface area contributed by atoms with Crippen molar-refractivity contribution >= 4 is 11.8 Å². The molecule has 4 nitrogen and oxygen atoms in total. The molecule has 0 amide bonds. The highest BCUT2D eigenvalue weighted by molar-refractivity contribution is 6.01. The monoisotopic (exact) mass is 263 g/mol. The van der Waals surface area contributed by atoms with Crippen LogP contribution in [0, 0.1) is 20.8 Å². The molecule has 0 radical (unpaired) electrons. The van der Waals surface area contributed by atoms with Crippen molar-refractivity contribution < 1.29 is 14.7 Å². The Morgan fingerprint density at radius 1 is 1.16 bits per heavy atom. The van der Waals surface area contributed by atoms with E-state index < -0.39 is 12.0 Å². The van der Waals surface area contributed by atoms with Crippen molar-refractivity contribution in [3.05, 3.63) is 34.4 Å². The molecule has 0 heterocycles.